The lowest BCUT2D eigenvalue weighted by atomic mass is 10.3. The van der Waals surface area contributed by atoms with Gasteiger partial charge in [-0.2, -0.15) is 0 Å². The van der Waals surface area contributed by atoms with Gasteiger partial charge in [-0.3, -0.25) is 4.99 Å². The molecule has 2 heteroatoms. The fourth-order valence-corrected chi connectivity index (χ4v) is 0.490. The highest BCUT2D eigenvalue weighted by atomic mass is 14.8. The number of nitrogens with zero attached hydrogens (tertiary/aromatic N) is 1. The highest BCUT2D eigenvalue weighted by Crippen LogP contribution is 1.86. The molecule has 0 spiro atoms. The molecule has 1 N–H and O–H groups in total. The Morgan fingerprint density at radius 2 is 2.00 bits per heavy atom. The molecule has 62 valence electrons. The SMILES string of the molecule is C\N=C(C)/C=C/C=C(/C)NC. The van der Waals surface area contributed by atoms with Gasteiger partial charge in [-0.1, -0.05) is 6.08 Å². The third kappa shape index (κ3) is 5.40. The molecule has 0 aromatic carbocycles. The van der Waals surface area contributed by atoms with Crippen LogP contribution in [0.4, 0.5) is 0 Å². The van der Waals surface area contributed by atoms with E-state index in [-0.39, 0.29) is 0 Å². The minimum absolute atomic E-state index is 1.03. The maximum Gasteiger partial charge on any atom is 0.0313 e. The van der Waals surface area contributed by atoms with Gasteiger partial charge in [-0.05, 0) is 26.0 Å². The van der Waals surface area contributed by atoms with Gasteiger partial charge in [0.25, 0.3) is 0 Å². The number of hydrogen-bond donors (Lipinski definition) is 1. The summed E-state index contributed by atoms with van der Waals surface area (Å²) in [5.41, 5.74) is 2.18. The molecule has 11 heavy (non-hydrogen) atoms. The van der Waals surface area contributed by atoms with Crippen LogP contribution in [0.25, 0.3) is 0 Å². The number of allylic oxidation sites excluding steroid dienone is 4. The molecular formula is C9H16N2. The van der Waals surface area contributed by atoms with Crippen LogP contribution in [0.15, 0.2) is 28.9 Å². The normalized spacial score (nSPS) is 14.2. The molecule has 0 amide bonds. The van der Waals surface area contributed by atoms with Crippen LogP contribution >= 0.6 is 0 Å². The predicted octanol–water partition coefficient (Wildman–Crippen LogP) is 1.76. The van der Waals surface area contributed by atoms with Crippen molar-refractivity contribution in [3.05, 3.63) is 23.9 Å². The van der Waals surface area contributed by atoms with Gasteiger partial charge in [0.15, 0.2) is 0 Å². The van der Waals surface area contributed by atoms with Crippen molar-refractivity contribution in [3.8, 4) is 0 Å². The summed E-state index contributed by atoms with van der Waals surface area (Å²) in [6, 6.07) is 0. The Balaban J connectivity index is 3.96. The smallest absolute Gasteiger partial charge is 0.0313 e. The van der Waals surface area contributed by atoms with E-state index in [0.717, 1.165) is 11.4 Å². The maximum atomic E-state index is 3.99. The van der Waals surface area contributed by atoms with Gasteiger partial charge in [-0.25, -0.2) is 0 Å². The zero-order valence-corrected chi connectivity index (χ0v) is 7.68. The second kappa shape index (κ2) is 5.71. The highest BCUT2D eigenvalue weighted by molar-refractivity contribution is 5.92. The maximum absolute atomic E-state index is 3.99. The molecule has 0 aliphatic heterocycles. The molecule has 0 saturated heterocycles. The van der Waals surface area contributed by atoms with Crippen LogP contribution in [0.2, 0.25) is 0 Å². The summed E-state index contributed by atoms with van der Waals surface area (Å²) in [6.07, 6.45) is 5.96. The van der Waals surface area contributed by atoms with Crippen molar-refractivity contribution < 1.29 is 0 Å². The Labute approximate surface area is 68.7 Å². The van der Waals surface area contributed by atoms with Crippen molar-refractivity contribution in [2.45, 2.75) is 13.8 Å². The van der Waals surface area contributed by atoms with Crippen LogP contribution in [-0.2, 0) is 0 Å². The number of rotatable bonds is 3. The molecule has 0 bridgehead atoms. The number of aliphatic imine (C=N–C) groups is 1. The molecule has 0 radical (unpaired) electrons. The van der Waals surface area contributed by atoms with Crippen LogP contribution in [0.1, 0.15) is 13.8 Å². The molecule has 0 aromatic rings. The monoisotopic (exact) mass is 152 g/mol. The van der Waals surface area contributed by atoms with Crippen molar-refractivity contribution in [1.29, 1.82) is 0 Å². The van der Waals surface area contributed by atoms with Gasteiger partial charge < -0.3 is 5.32 Å². The second-order valence-electron chi connectivity index (χ2n) is 2.32. The van der Waals surface area contributed by atoms with Crippen molar-refractivity contribution in [2.75, 3.05) is 14.1 Å². The minimum Gasteiger partial charge on any atom is -0.392 e. The van der Waals surface area contributed by atoms with E-state index in [1.165, 1.54) is 0 Å². The standard InChI is InChI=1S/C9H16N2/c1-8(10-3)6-5-7-9(2)11-4/h5-7,10H,1-4H3/b7-5+,8-6-,11-9-. The zero-order chi connectivity index (χ0) is 8.69. The molecule has 0 aliphatic carbocycles. The Kier molecular flexibility index (Phi) is 5.17. The van der Waals surface area contributed by atoms with Crippen molar-refractivity contribution in [1.82, 2.24) is 5.32 Å². The summed E-state index contributed by atoms with van der Waals surface area (Å²) in [5, 5.41) is 3.03. The van der Waals surface area contributed by atoms with Gasteiger partial charge in [0.2, 0.25) is 0 Å². The average Bonchev–Trinajstić information content (AvgIpc) is 2.04. The van der Waals surface area contributed by atoms with Crippen LogP contribution in [0, 0.1) is 0 Å². The van der Waals surface area contributed by atoms with E-state index in [0.29, 0.717) is 0 Å². The largest absolute Gasteiger partial charge is 0.392 e. The van der Waals surface area contributed by atoms with Crippen molar-refractivity contribution in [2.24, 2.45) is 4.99 Å². The molecule has 0 unspecified atom stereocenters. The summed E-state index contributed by atoms with van der Waals surface area (Å²) < 4.78 is 0. The van der Waals surface area contributed by atoms with Crippen molar-refractivity contribution >= 4 is 5.71 Å². The summed E-state index contributed by atoms with van der Waals surface area (Å²) in [7, 11) is 3.69. The molecule has 2 nitrogen and oxygen atoms in total. The van der Waals surface area contributed by atoms with Gasteiger partial charge >= 0.3 is 0 Å². The van der Waals surface area contributed by atoms with Gasteiger partial charge in [0, 0.05) is 25.5 Å². The zero-order valence-electron chi connectivity index (χ0n) is 7.68. The van der Waals surface area contributed by atoms with E-state index in [2.05, 4.69) is 10.3 Å². The van der Waals surface area contributed by atoms with E-state index >= 15 is 0 Å². The summed E-state index contributed by atoms with van der Waals surface area (Å²) in [5.74, 6) is 0. The molecule has 0 atom stereocenters. The lowest BCUT2D eigenvalue weighted by molar-refractivity contribution is 0.990. The molecule has 0 heterocycles. The first-order chi connectivity index (χ1) is 5.20. The van der Waals surface area contributed by atoms with Crippen LogP contribution in [-0.4, -0.2) is 19.8 Å². The van der Waals surface area contributed by atoms with Crippen molar-refractivity contribution in [3.63, 3.8) is 0 Å². The predicted molar refractivity (Wildman–Crippen MR) is 51.0 cm³/mol. The van der Waals surface area contributed by atoms with Crippen LogP contribution in [0.5, 0.6) is 0 Å². The first-order valence-electron chi connectivity index (χ1n) is 3.66. The van der Waals surface area contributed by atoms with E-state index in [9.17, 15) is 0 Å². The Morgan fingerprint density at radius 3 is 2.45 bits per heavy atom. The van der Waals surface area contributed by atoms with Crippen LogP contribution < -0.4 is 5.32 Å². The molecule has 0 rings (SSSR count). The fraction of sp³-hybridized carbons (Fsp3) is 0.444. The second-order valence-corrected chi connectivity index (χ2v) is 2.32. The Hall–Kier alpha value is -1.05. The third-order valence-electron chi connectivity index (χ3n) is 1.43. The number of hydrogen-bond acceptors (Lipinski definition) is 2. The number of nitrogens with one attached hydrogen (secondary N) is 1. The van der Waals surface area contributed by atoms with E-state index in [1.54, 1.807) is 7.05 Å². The Bertz CT molecular complexity index is 188. The van der Waals surface area contributed by atoms with E-state index in [4.69, 9.17) is 0 Å². The topological polar surface area (TPSA) is 24.4 Å². The highest BCUT2D eigenvalue weighted by Gasteiger charge is 1.78. The van der Waals surface area contributed by atoms with Gasteiger partial charge in [-0.15, -0.1) is 0 Å². The Morgan fingerprint density at radius 1 is 1.36 bits per heavy atom. The minimum atomic E-state index is 1.03. The van der Waals surface area contributed by atoms with Gasteiger partial charge in [0.1, 0.15) is 0 Å². The summed E-state index contributed by atoms with van der Waals surface area (Å²) >= 11 is 0. The van der Waals surface area contributed by atoms with Crippen LogP contribution in [0.3, 0.4) is 0 Å². The third-order valence-corrected chi connectivity index (χ3v) is 1.43. The quantitative estimate of drug-likeness (QED) is 0.483. The molecule has 0 aliphatic rings. The first-order valence-corrected chi connectivity index (χ1v) is 3.66. The lowest BCUT2D eigenvalue weighted by Crippen LogP contribution is -2.00. The first kappa shape index (κ1) is 9.95. The molecule has 0 fully saturated rings. The van der Waals surface area contributed by atoms with Gasteiger partial charge in [0.05, 0.1) is 0 Å². The fourth-order valence-electron chi connectivity index (χ4n) is 0.490. The molecule has 0 saturated carbocycles. The molecule has 0 aromatic heterocycles. The van der Waals surface area contributed by atoms with E-state index < -0.39 is 0 Å². The summed E-state index contributed by atoms with van der Waals surface area (Å²) in [6.45, 7) is 3.99. The lowest BCUT2D eigenvalue weighted by Gasteiger charge is -1.93. The average molecular weight is 152 g/mol. The van der Waals surface area contributed by atoms with E-state index in [1.807, 2.05) is 39.1 Å². The molecular weight excluding hydrogens is 136 g/mol. The summed E-state index contributed by atoms with van der Waals surface area (Å²) in [4.78, 5) is 3.99.